The first-order valence-corrected chi connectivity index (χ1v) is 9.53. The van der Waals surface area contributed by atoms with Crippen molar-refractivity contribution in [1.82, 2.24) is 14.7 Å². The SMILES string of the molecule is COCCN1C(=O)C(C(c2ccccc2)N2CCN(C)CC2)C(=O)C=C1C. The summed E-state index contributed by atoms with van der Waals surface area (Å²) in [6.07, 6.45) is 1.62. The molecule has 2 aliphatic rings. The summed E-state index contributed by atoms with van der Waals surface area (Å²) >= 11 is 0. The highest BCUT2D eigenvalue weighted by molar-refractivity contribution is 6.10. The lowest BCUT2D eigenvalue weighted by Crippen LogP contribution is -2.53. The van der Waals surface area contributed by atoms with Crippen molar-refractivity contribution in [3.05, 3.63) is 47.7 Å². The second-order valence-corrected chi connectivity index (χ2v) is 7.34. The second-order valence-electron chi connectivity index (χ2n) is 7.34. The summed E-state index contributed by atoms with van der Waals surface area (Å²) in [6.45, 7) is 6.27. The van der Waals surface area contributed by atoms with Gasteiger partial charge in [-0.1, -0.05) is 30.3 Å². The van der Waals surface area contributed by atoms with Gasteiger partial charge in [-0.3, -0.25) is 14.5 Å². The maximum atomic E-state index is 13.3. The fourth-order valence-corrected chi connectivity index (χ4v) is 3.96. The molecule has 1 fully saturated rings. The molecule has 0 aromatic heterocycles. The van der Waals surface area contributed by atoms with Gasteiger partial charge >= 0.3 is 0 Å². The number of rotatable bonds is 6. The van der Waals surface area contributed by atoms with Crippen LogP contribution in [-0.2, 0) is 14.3 Å². The van der Waals surface area contributed by atoms with Crippen LogP contribution in [0.3, 0.4) is 0 Å². The zero-order valence-electron chi connectivity index (χ0n) is 16.4. The Balaban J connectivity index is 1.95. The van der Waals surface area contributed by atoms with E-state index in [1.807, 2.05) is 37.3 Å². The first kappa shape index (κ1) is 19.7. The summed E-state index contributed by atoms with van der Waals surface area (Å²) in [4.78, 5) is 32.6. The lowest BCUT2D eigenvalue weighted by molar-refractivity contribution is -0.144. The lowest BCUT2D eigenvalue weighted by atomic mass is 9.84. The lowest BCUT2D eigenvalue weighted by Gasteiger charge is -2.43. The number of carbonyl (C=O) groups is 2. The number of amides is 1. The Morgan fingerprint density at radius 2 is 1.78 bits per heavy atom. The number of nitrogens with zero attached hydrogens (tertiary/aromatic N) is 3. The minimum atomic E-state index is -0.712. The quantitative estimate of drug-likeness (QED) is 0.711. The van der Waals surface area contributed by atoms with Gasteiger partial charge in [-0.25, -0.2) is 0 Å². The second kappa shape index (κ2) is 8.78. The Bertz CT molecular complexity index is 696. The number of methoxy groups -OCH3 is 1. The van der Waals surface area contributed by atoms with E-state index in [0.29, 0.717) is 18.8 Å². The zero-order chi connectivity index (χ0) is 19.4. The van der Waals surface area contributed by atoms with Crippen LogP contribution in [0.2, 0.25) is 0 Å². The van der Waals surface area contributed by atoms with Crippen molar-refractivity contribution in [2.75, 3.05) is 53.5 Å². The van der Waals surface area contributed by atoms with E-state index >= 15 is 0 Å². The average Bonchev–Trinajstić information content (AvgIpc) is 2.66. The van der Waals surface area contributed by atoms with Gasteiger partial charge in [0.1, 0.15) is 5.92 Å². The Morgan fingerprint density at radius 3 is 2.41 bits per heavy atom. The molecular weight excluding hydrogens is 342 g/mol. The molecule has 0 saturated carbocycles. The number of benzene rings is 1. The van der Waals surface area contributed by atoms with Gasteiger partial charge in [-0.15, -0.1) is 0 Å². The molecule has 0 radical (unpaired) electrons. The molecule has 0 aliphatic carbocycles. The Hall–Kier alpha value is -2.02. The molecule has 1 amide bonds. The van der Waals surface area contributed by atoms with E-state index in [0.717, 1.165) is 31.7 Å². The van der Waals surface area contributed by atoms with Gasteiger partial charge in [0.15, 0.2) is 5.78 Å². The molecule has 0 N–H and O–H groups in total. The van der Waals surface area contributed by atoms with Crippen molar-refractivity contribution < 1.29 is 14.3 Å². The third kappa shape index (κ3) is 4.29. The van der Waals surface area contributed by atoms with Crippen molar-refractivity contribution in [3.8, 4) is 0 Å². The summed E-state index contributed by atoms with van der Waals surface area (Å²) in [5.74, 6) is -0.930. The Morgan fingerprint density at radius 1 is 1.11 bits per heavy atom. The molecule has 0 bridgehead atoms. The summed E-state index contributed by atoms with van der Waals surface area (Å²) in [5.41, 5.74) is 1.72. The van der Waals surface area contributed by atoms with Crippen LogP contribution in [0.4, 0.5) is 0 Å². The number of piperazine rings is 1. The molecule has 1 saturated heterocycles. The van der Waals surface area contributed by atoms with Crippen LogP contribution in [-0.4, -0.2) is 79.9 Å². The van der Waals surface area contributed by atoms with Crippen LogP contribution in [0, 0.1) is 5.92 Å². The Labute approximate surface area is 161 Å². The third-order valence-corrected chi connectivity index (χ3v) is 5.52. The van der Waals surface area contributed by atoms with Crippen molar-refractivity contribution >= 4 is 11.7 Å². The first-order valence-electron chi connectivity index (χ1n) is 9.53. The molecular formula is C21H29N3O3. The highest BCUT2D eigenvalue weighted by Gasteiger charge is 2.43. The number of likely N-dealkylation sites (N-methyl/N-ethyl adjacent to an activating group) is 1. The third-order valence-electron chi connectivity index (χ3n) is 5.52. The van der Waals surface area contributed by atoms with Gasteiger partial charge in [0.05, 0.1) is 12.6 Å². The van der Waals surface area contributed by atoms with Crippen molar-refractivity contribution in [2.45, 2.75) is 13.0 Å². The maximum Gasteiger partial charge on any atom is 0.239 e. The van der Waals surface area contributed by atoms with E-state index in [1.54, 1.807) is 18.1 Å². The van der Waals surface area contributed by atoms with E-state index in [1.165, 1.54) is 0 Å². The number of ether oxygens (including phenoxy) is 1. The molecule has 0 spiro atoms. The first-order chi connectivity index (χ1) is 13.0. The van der Waals surface area contributed by atoms with Gasteiger partial charge in [0.25, 0.3) is 0 Å². The minimum absolute atomic E-state index is 0.0982. The van der Waals surface area contributed by atoms with Crippen LogP contribution in [0.15, 0.2) is 42.1 Å². The van der Waals surface area contributed by atoms with E-state index < -0.39 is 5.92 Å². The standard InChI is InChI=1S/C21H29N3O3/c1-16-15-18(25)19(21(26)24(16)13-14-27-3)20(17-7-5-4-6-8-17)23-11-9-22(2)10-12-23/h4-8,15,19-20H,9-14H2,1-3H3. The van der Waals surface area contributed by atoms with Gasteiger partial charge < -0.3 is 14.5 Å². The molecule has 27 heavy (non-hydrogen) atoms. The Kier molecular flexibility index (Phi) is 6.42. The van der Waals surface area contributed by atoms with E-state index in [2.05, 4.69) is 16.8 Å². The van der Waals surface area contributed by atoms with Crippen LogP contribution in [0.25, 0.3) is 0 Å². The number of hydrogen-bond acceptors (Lipinski definition) is 5. The van der Waals surface area contributed by atoms with Crippen molar-refractivity contribution in [2.24, 2.45) is 5.92 Å². The van der Waals surface area contributed by atoms with E-state index in [4.69, 9.17) is 4.74 Å². The summed E-state index contributed by atoms with van der Waals surface area (Å²) in [5, 5.41) is 0. The molecule has 2 aliphatic heterocycles. The molecule has 6 heteroatoms. The number of carbonyl (C=O) groups excluding carboxylic acids is 2. The largest absolute Gasteiger partial charge is 0.383 e. The van der Waals surface area contributed by atoms with Gasteiger partial charge in [-0.2, -0.15) is 0 Å². The monoisotopic (exact) mass is 371 g/mol. The molecule has 2 unspecified atom stereocenters. The van der Waals surface area contributed by atoms with E-state index in [-0.39, 0.29) is 17.7 Å². The summed E-state index contributed by atoms with van der Waals surface area (Å²) < 4.78 is 5.15. The number of allylic oxidation sites excluding steroid dienone is 2. The molecule has 2 heterocycles. The van der Waals surface area contributed by atoms with E-state index in [9.17, 15) is 9.59 Å². The minimum Gasteiger partial charge on any atom is -0.383 e. The fourth-order valence-electron chi connectivity index (χ4n) is 3.96. The summed E-state index contributed by atoms with van der Waals surface area (Å²) in [7, 11) is 3.72. The fraction of sp³-hybridized carbons (Fsp3) is 0.524. The van der Waals surface area contributed by atoms with Crippen LogP contribution in [0.5, 0.6) is 0 Å². The predicted molar refractivity (Wildman–Crippen MR) is 104 cm³/mol. The molecule has 3 rings (SSSR count). The smallest absolute Gasteiger partial charge is 0.239 e. The summed E-state index contributed by atoms with van der Waals surface area (Å²) in [6, 6.07) is 9.71. The van der Waals surface area contributed by atoms with Crippen molar-refractivity contribution in [1.29, 1.82) is 0 Å². The zero-order valence-corrected chi connectivity index (χ0v) is 16.4. The number of ketones is 1. The normalized spacial score (nSPS) is 23.4. The predicted octanol–water partition coefficient (Wildman–Crippen LogP) is 1.55. The topological polar surface area (TPSA) is 53.1 Å². The maximum absolute atomic E-state index is 13.3. The molecule has 2 atom stereocenters. The molecule has 1 aromatic rings. The van der Waals surface area contributed by atoms with Crippen LogP contribution in [0.1, 0.15) is 18.5 Å². The van der Waals surface area contributed by atoms with Crippen molar-refractivity contribution in [3.63, 3.8) is 0 Å². The van der Waals surface area contributed by atoms with Gasteiger partial charge in [0, 0.05) is 51.6 Å². The number of hydrogen-bond donors (Lipinski definition) is 0. The highest BCUT2D eigenvalue weighted by atomic mass is 16.5. The molecule has 6 nitrogen and oxygen atoms in total. The van der Waals surface area contributed by atoms with Crippen LogP contribution < -0.4 is 0 Å². The highest BCUT2D eigenvalue weighted by Crippen LogP contribution is 2.35. The molecule has 146 valence electrons. The van der Waals surface area contributed by atoms with Gasteiger partial charge in [0.2, 0.25) is 5.91 Å². The molecule has 1 aromatic carbocycles. The van der Waals surface area contributed by atoms with Gasteiger partial charge in [-0.05, 0) is 19.5 Å². The van der Waals surface area contributed by atoms with Crippen LogP contribution >= 0.6 is 0 Å². The average molecular weight is 371 g/mol.